The van der Waals surface area contributed by atoms with Gasteiger partial charge in [0.2, 0.25) is 5.91 Å². The molecule has 10 heteroatoms. The third-order valence-corrected chi connectivity index (χ3v) is 6.14. The van der Waals surface area contributed by atoms with Crippen LogP contribution < -0.4 is 10.6 Å². The van der Waals surface area contributed by atoms with Crippen LogP contribution in [-0.4, -0.2) is 27.2 Å². The maximum absolute atomic E-state index is 13.2. The van der Waals surface area contributed by atoms with E-state index in [2.05, 4.69) is 15.6 Å². The Morgan fingerprint density at radius 2 is 1.73 bits per heavy atom. The molecule has 0 spiro atoms. The first-order valence-corrected chi connectivity index (χ1v) is 11.6. The van der Waals surface area contributed by atoms with Crippen molar-refractivity contribution in [3.63, 3.8) is 0 Å². The van der Waals surface area contributed by atoms with Crippen molar-refractivity contribution >= 4 is 39.9 Å². The molecule has 0 radical (unpaired) electrons. The number of nitrogens with zero attached hydrogens (tertiary/aromatic N) is 2. The van der Waals surface area contributed by atoms with Crippen molar-refractivity contribution in [1.29, 1.82) is 0 Å². The number of benzene rings is 2. The van der Waals surface area contributed by atoms with Crippen LogP contribution in [0.4, 0.5) is 10.5 Å². The van der Waals surface area contributed by atoms with E-state index < -0.39 is 28.3 Å². The SMILES string of the molecule is CCc1csc([C@H](Cc2ccc([N+](=O)[O-])cc2)NC(=O)[C@H](Cc2ccccc2)NC(=O)Cl)n1. The molecule has 0 fully saturated rings. The van der Waals surface area contributed by atoms with E-state index in [1.807, 2.05) is 42.6 Å². The van der Waals surface area contributed by atoms with Gasteiger partial charge in [-0.05, 0) is 35.6 Å². The number of nitro benzene ring substituents is 1. The smallest absolute Gasteiger partial charge is 0.314 e. The molecule has 172 valence electrons. The number of hydrogen-bond donors (Lipinski definition) is 2. The Bertz CT molecular complexity index is 1110. The molecule has 0 aliphatic carbocycles. The van der Waals surface area contributed by atoms with E-state index in [1.165, 1.54) is 23.5 Å². The van der Waals surface area contributed by atoms with Crippen molar-refractivity contribution in [3.05, 3.63) is 91.9 Å². The van der Waals surface area contributed by atoms with E-state index in [9.17, 15) is 19.7 Å². The third-order valence-electron chi connectivity index (χ3n) is 5.02. The van der Waals surface area contributed by atoms with Gasteiger partial charge in [0.1, 0.15) is 11.0 Å². The molecule has 2 amide bonds. The number of aromatic nitrogens is 1. The monoisotopic (exact) mass is 486 g/mol. The van der Waals surface area contributed by atoms with Crippen molar-refractivity contribution in [2.75, 3.05) is 0 Å². The molecule has 0 saturated heterocycles. The number of thiazole rings is 1. The summed E-state index contributed by atoms with van der Waals surface area (Å²) in [6, 6.07) is 14.1. The number of aryl methyl sites for hydroxylation is 1. The normalized spacial score (nSPS) is 12.5. The predicted octanol–water partition coefficient (Wildman–Crippen LogP) is 4.57. The summed E-state index contributed by atoms with van der Waals surface area (Å²) in [7, 11) is 0. The lowest BCUT2D eigenvalue weighted by Gasteiger charge is -2.22. The first-order chi connectivity index (χ1) is 15.9. The highest BCUT2D eigenvalue weighted by molar-refractivity contribution is 7.09. The minimum absolute atomic E-state index is 0.00500. The van der Waals surface area contributed by atoms with Crippen LogP contribution in [0.5, 0.6) is 0 Å². The summed E-state index contributed by atoms with van der Waals surface area (Å²) in [5, 5.41) is 18.3. The van der Waals surface area contributed by atoms with E-state index in [1.54, 1.807) is 12.1 Å². The molecule has 0 bridgehead atoms. The standard InChI is InChI=1S/C23H23ClN4O4S/c1-2-17-14-33-22(25-17)20(13-16-8-10-18(11-9-16)28(31)32)26-21(29)19(27-23(24)30)12-15-6-4-3-5-7-15/h3-11,14,19-20H,2,12-13H2,1H3,(H,26,29)(H,27,30)/t19-,20-/m0/s1. The Morgan fingerprint density at radius 3 is 2.30 bits per heavy atom. The number of amides is 2. The van der Waals surface area contributed by atoms with Crippen LogP contribution in [-0.2, 0) is 24.1 Å². The minimum atomic E-state index is -0.873. The molecule has 3 aromatic rings. The zero-order valence-electron chi connectivity index (χ0n) is 17.9. The largest absolute Gasteiger partial charge is 0.345 e. The van der Waals surface area contributed by atoms with Crippen LogP contribution in [0.3, 0.4) is 0 Å². The van der Waals surface area contributed by atoms with Gasteiger partial charge in [0.05, 0.1) is 16.7 Å². The molecule has 1 heterocycles. The number of carbonyl (C=O) groups excluding carboxylic acids is 2. The summed E-state index contributed by atoms with van der Waals surface area (Å²) in [6.45, 7) is 1.99. The molecular weight excluding hydrogens is 464 g/mol. The van der Waals surface area contributed by atoms with Crippen LogP contribution in [0.25, 0.3) is 0 Å². The molecule has 2 N–H and O–H groups in total. The summed E-state index contributed by atoms with van der Waals surface area (Å²) in [5.74, 6) is -0.395. The molecule has 0 aliphatic heterocycles. The Balaban J connectivity index is 1.82. The number of nitro groups is 1. The Morgan fingerprint density at radius 1 is 1.06 bits per heavy atom. The molecule has 33 heavy (non-hydrogen) atoms. The summed E-state index contributed by atoms with van der Waals surface area (Å²) in [4.78, 5) is 39.8. The summed E-state index contributed by atoms with van der Waals surface area (Å²) in [5.41, 5.74) is 2.58. The maximum Gasteiger partial charge on any atom is 0.314 e. The third kappa shape index (κ3) is 7.10. The van der Waals surface area contributed by atoms with Crippen LogP contribution in [0.1, 0.15) is 34.8 Å². The second-order valence-electron chi connectivity index (χ2n) is 7.38. The molecule has 2 atom stereocenters. The first-order valence-electron chi connectivity index (χ1n) is 10.3. The second kappa shape index (κ2) is 11.5. The highest BCUT2D eigenvalue weighted by Crippen LogP contribution is 2.24. The van der Waals surface area contributed by atoms with Crippen LogP contribution in [0, 0.1) is 10.1 Å². The van der Waals surface area contributed by atoms with Crippen LogP contribution in [0.2, 0.25) is 0 Å². The van der Waals surface area contributed by atoms with E-state index in [0.29, 0.717) is 11.4 Å². The van der Waals surface area contributed by atoms with Gasteiger partial charge < -0.3 is 10.6 Å². The van der Waals surface area contributed by atoms with E-state index in [0.717, 1.165) is 23.2 Å². The number of rotatable bonds is 10. The molecule has 2 aromatic carbocycles. The number of hydrogen-bond acceptors (Lipinski definition) is 6. The van der Waals surface area contributed by atoms with Gasteiger partial charge >= 0.3 is 5.37 Å². The number of carbonyl (C=O) groups is 2. The van der Waals surface area contributed by atoms with Crippen molar-refractivity contribution in [2.45, 2.75) is 38.3 Å². The highest BCUT2D eigenvalue weighted by atomic mass is 35.5. The van der Waals surface area contributed by atoms with Gasteiger partial charge in [-0.1, -0.05) is 49.4 Å². The van der Waals surface area contributed by atoms with Crippen molar-refractivity contribution in [1.82, 2.24) is 15.6 Å². The topological polar surface area (TPSA) is 114 Å². The Labute approximate surface area is 200 Å². The fraction of sp³-hybridized carbons (Fsp3) is 0.261. The average Bonchev–Trinajstić information content (AvgIpc) is 3.28. The summed E-state index contributed by atoms with van der Waals surface area (Å²) < 4.78 is 0. The second-order valence-corrected chi connectivity index (χ2v) is 8.61. The highest BCUT2D eigenvalue weighted by Gasteiger charge is 2.26. The number of nitrogens with one attached hydrogen (secondary N) is 2. The van der Waals surface area contributed by atoms with Crippen molar-refractivity contribution in [2.24, 2.45) is 0 Å². The Hall–Kier alpha value is -3.30. The Kier molecular flexibility index (Phi) is 8.51. The lowest BCUT2D eigenvalue weighted by Crippen LogP contribution is -2.47. The molecule has 0 aliphatic rings. The van der Waals surface area contributed by atoms with Gasteiger partial charge in [0, 0.05) is 23.9 Å². The van der Waals surface area contributed by atoms with Gasteiger partial charge in [-0.25, -0.2) is 4.98 Å². The fourth-order valence-corrected chi connectivity index (χ4v) is 4.39. The minimum Gasteiger partial charge on any atom is -0.345 e. The van der Waals surface area contributed by atoms with E-state index in [-0.39, 0.29) is 12.1 Å². The summed E-state index contributed by atoms with van der Waals surface area (Å²) >= 11 is 6.97. The van der Waals surface area contributed by atoms with Gasteiger partial charge in [-0.15, -0.1) is 11.3 Å². The van der Waals surface area contributed by atoms with Crippen molar-refractivity contribution < 1.29 is 14.5 Å². The number of halogens is 1. The molecule has 8 nitrogen and oxygen atoms in total. The predicted molar refractivity (Wildman–Crippen MR) is 127 cm³/mol. The lowest BCUT2D eigenvalue weighted by molar-refractivity contribution is -0.384. The maximum atomic E-state index is 13.2. The van der Waals surface area contributed by atoms with Crippen LogP contribution in [0.15, 0.2) is 60.0 Å². The lowest BCUT2D eigenvalue weighted by atomic mass is 10.0. The van der Waals surface area contributed by atoms with Crippen LogP contribution >= 0.6 is 22.9 Å². The average molecular weight is 487 g/mol. The molecule has 0 unspecified atom stereocenters. The number of non-ortho nitro benzene ring substituents is 1. The fourth-order valence-electron chi connectivity index (χ4n) is 3.30. The van der Waals surface area contributed by atoms with Gasteiger partial charge in [0.25, 0.3) is 5.69 Å². The van der Waals surface area contributed by atoms with Gasteiger partial charge in [-0.2, -0.15) is 0 Å². The molecular formula is C23H23ClN4O4S. The molecule has 0 saturated carbocycles. The first kappa shape index (κ1) is 24.3. The van der Waals surface area contributed by atoms with E-state index >= 15 is 0 Å². The summed E-state index contributed by atoms with van der Waals surface area (Å²) in [6.07, 6.45) is 1.41. The molecule has 1 aromatic heterocycles. The zero-order chi connectivity index (χ0) is 23.8. The quantitative estimate of drug-likeness (QED) is 0.188. The van der Waals surface area contributed by atoms with Gasteiger partial charge in [0.15, 0.2) is 0 Å². The van der Waals surface area contributed by atoms with E-state index in [4.69, 9.17) is 11.6 Å². The van der Waals surface area contributed by atoms with Gasteiger partial charge in [-0.3, -0.25) is 19.7 Å². The molecule has 3 rings (SSSR count). The van der Waals surface area contributed by atoms with Crippen molar-refractivity contribution in [3.8, 4) is 0 Å². The zero-order valence-corrected chi connectivity index (χ0v) is 19.4.